The molecule has 3 rings (SSSR count). The second-order valence-corrected chi connectivity index (χ2v) is 8.62. The predicted octanol–water partition coefficient (Wildman–Crippen LogP) is 4.95. The minimum atomic E-state index is -0.395. The molecule has 28 heavy (non-hydrogen) atoms. The lowest BCUT2D eigenvalue weighted by Gasteiger charge is -2.23. The maximum absolute atomic E-state index is 10.9. The molecule has 1 atom stereocenters. The summed E-state index contributed by atoms with van der Waals surface area (Å²) in [6.07, 6.45) is 4.41. The first-order valence-electron chi connectivity index (χ1n) is 10.4. The van der Waals surface area contributed by atoms with E-state index in [4.69, 9.17) is 23.2 Å². The quantitative estimate of drug-likeness (QED) is 0.476. The number of hydrogen-bond donors (Lipinski definition) is 2. The van der Waals surface area contributed by atoms with Gasteiger partial charge in [-0.1, -0.05) is 49.9 Å². The van der Waals surface area contributed by atoms with Crippen molar-refractivity contribution in [1.82, 2.24) is 4.57 Å². The molecule has 0 fully saturated rings. The smallest absolute Gasteiger partial charge is 0.121 e. The van der Waals surface area contributed by atoms with Crippen molar-refractivity contribution in [3.05, 3.63) is 46.4 Å². The van der Waals surface area contributed by atoms with Crippen LogP contribution in [0.1, 0.15) is 39.5 Å². The van der Waals surface area contributed by atoms with Crippen molar-refractivity contribution in [3.8, 4) is 0 Å². The lowest BCUT2D eigenvalue weighted by atomic mass is 10.1. The minimum absolute atomic E-state index is 0.395. The molecule has 0 radical (unpaired) electrons. The fourth-order valence-electron chi connectivity index (χ4n) is 4.04. The Labute approximate surface area is 177 Å². The molecule has 0 aliphatic rings. The van der Waals surface area contributed by atoms with Gasteiger partial charge in [0.2, 0.25) is 0 Å². The van der Waals surface area contributed by atoms with Gasteiger partial charge in [0.1, 0.15) is 12.6 Å². The lowest BCUT2D eigenvalue weighted by Crippen LogP contribution is -3.13. The molecular formula is C23H31Cl2N2O+. The van der Waals surface area contributed by atoms with E-state index in [9.17, 15) is 5.11 Å². The van der Waals surface area contributed by atoms with Crippen molar-refractivity contribution >= 4 is 45.0 Å². The Balaban J connectivity index is 1.87. The summed E-state index contributed by atoms with van der Waals surface area (Å²) in [5.74, 6) is 0. The molecule has 2 N–H and O–H groups in total. The zero-order valence-electron chi connectivity index (χ0n) is 16.8. The van der Waals surface area contributed by atoms with Gasteiger partial charge in [-0.25, -0.2) is 0 Å². The van der Waals surface area contributed by atoms with Gasteiger partial charge in [-0.3, -0.25) is 0 Å². The third kappa shape index (κ3) is 5.01. The van der Waals surface area contributed by atoms with Gasteiger partial charge in [-0.05, 0) is 49.2 Å². The number of aliphatic hydroxyl groups excluding tert-OH is 1. The first kappa shape index (κ1) is 21.4. The first-order chi connectivity index (χ1) is 13.5. The summed E-state index contributed by atoms with van der Waals surface area (Å²) in [6, 6.07) is 11.9. The number of quaternary nitrogens is 1. The van der Waals surface area contributed by atoms with E-state index in [1.54, 1.807) is 0 Å². The first-order valence-corrected chi connectivity index (χ1v) is 11.2. The van der Waals surface area contributed by atoms with Gasteiger partial charge in [0, 0.05) is 31.9 Å². The molecule has 0 aliphatic carbocycles. The van der Waals surface area contributed by atoms with Crippen LogP contribution in [0.5, 0.6) is 0 Å². The zero-order chi connectivity index (χ0) is 20.1. The van der Waals surface area contributed by atoms with Crippen LogP contribution >= 0.6 is 23.2 Å². The van der Waals surface area contributed by atoms with Crippen LogP contribution in [0.4, 0.5) is 0 Å². The minimum Gasteiger partial charge on any atom is -0.385 e. The van der Waals surface area contributed by atoms with Gasteiger partial charge in [-0.2, -0.15) is 0 Å². The molecule has 5 heteroatoms. The summed E-state index contributed by atoms with van der Waals surface area (Å²) < 4.78 is 2.21. The van der Waals surface area contributed by atoms with Crippen molar-refractivity contribution < 1.29 is 10.0 Å². The Morgan fingerprint density at radius 3 is 1.86 bits per heavy atom. The Hall–Kier alpha value is -1.26. The highest BCUT2D eigenvalue weighted by molar-refractivity contribution is 6.33. The van der Waals surface area contributed by atoms with Crippen LogP contribution in [0.25, 0.3) is 21.8 Å². The fourth-order valence-corrected chi connectivity index (χ4v) is 4.38. The molecule has 0 aliphatic heterocycles. The Kier molecular flexibility index (Phi) is 7.64. The van der Waals surface area contributed by atoms with E-state index in [2.05, 4.69) is 18.4 Å². The molecule has 3 aromatic rings. The Morgan fingerprint density at radius 2 is 1.39 bits per heavy atom. The van der Waals surface area contributed by atoms with Crippen LogP contribution in [0.15, 0.2) is 36.4 Å². The maximum atomic E-state index is 10.9. The van der Waals surface area contributed by atoms with Crippen LogP contribution < -0.4 is 4.90 Å². The van der Waals surface area contributed by atoms with Gasteiger partial charge < -0.3 is 14.6 Å². The normalized spacial score (nSPS) is 13.1. The van der Waals surface area contributed by atoms with Gasteiger partial charge in [0.25, 0.3) is 0 Å². The van der Waals surface area contributed by atoms with Crippen molar-refractivity contribution in [2.45, 2.75) is 52.2 Å². The number of fused-ring (bicyclic) bond motifs is 3. The van der Waals surface area contributed by atoms with Crippen LogP contribution in [-0.4, -0.2) is 35.4 Å². The lowest BCUT2D eigenvalue weighted by molar-refractivity contribution is -0.903. The molecule has 0 bridgehead atoms. The standard InChI is InChI=1S/C23H30Cl2N2O/c1-3-5-11-26(12-6-4-2)15-19(28)16-27-22-9-7-17(24)13-20(22)21-14-18(25)8-10-23(21)27/h7-10,13-14,19,28H,3-6,11-12,15-16H2,1-2H3/p+1/t19-/m1/s1. The molecule has 0 spiro atoms. The van der Waals surface area contributed by atoms with E-state index in [-0.39, 0.29) is 0 Å². The molecule has 2 aromatic carbocycles. The second kappa shape index (κ2) is 9.98. The molecular weight excluding hydrogens is 391 g/mol. The number of rotatable bonds is 10. The number of nitrogens with one attached hydrogen (secondary N) is 1. The summed E-state index contributed by atoms with van der Waals surface area (Å²) in [4.78, 5) is 1.50. The Morgan fingerprint density at radius 1 is 0.893 bits per heavy atom. The van der Waals surface area contributed by atoms with Crippen LogP contribution in [0, 0.1) is 0 Å². The number of hydrogen-bond acceptors (Lipinski definition) is 1. The molecule has 152 valence electrons. The van der Waals surface area contributed by atoms with Gasteiger partial charge in [0.05, 0.1) is 19.6 Å². The maximum Gasteiger partial charge on any atom is 0.121 e. The average Bonchev–Trinajstić information content (AvgIpc) is 2.96. The van der Waals surface area contributed by atoms with E-state index in [0.29, 0.717) is 16.6 Å². The van der Waals surface area contributed by atoms with Crippen molar-refractivity contribution in [1.29, 1.82) is 0 Å². The predicted molar refractivity (Wildman–Crippen MR) is 121 cm³/mol. The molecule has 0 amide bonds. The number of aliphatic hydroxyl groups is 1. The van der Waals surface area contributed by atoms with Crippen LogP contribution in [0.3, 0.4) is 0 Å². The van der Waals surface area contributed by atoms with Crippen molar-refractivity contribution in [3.63, 3.8) is 0 Å². The summed E-state index contributed by atoms with van der Waals surface area (Å²) in [5.41, 5.74) is 2.17. The SMILES string of the molecule is CCCC[NH+](CCCC)C[C@@H](O)Cn1c2ccc(Cl)cc2c2cc(Cl)ccc21. The molecule has 0 unspecified atom stereocenters. The number of unbranched alkanes of at least 4 members (excludes halogenated alkanes) is 2. The monoisotopic (exact) mass is 421 g/mol. The van der Waals surface area contributed by atoms with Crippen LogP contribution in [-0.2, 0) is 6.54 Å². The number of halogens is 2. The topological polar surface area (TPSA) is 29.6 Å². The van der Waals surface area contributed by atoms with Crippen LogP contribution in [0.2, 0.25) is 10.0 Å². The van der Waals surface area contributed by atoms with E-state index in [1.807, 2.05) is 36.4 Å². The van der Waals surface area contributed by atoms with Crippen molar-refractivity contribution in [2.24, 2.45) is 0 Å². The highest BCUT2D eigenvalue weighted by Crippen LogP contribution is 2.32. The fraction of sp³-hybridized carbons (Fsp3) is 0.478. The van der Waals surface area contributed by atoms with E-state index < -0.39 is 6.10 Å². The molecule has 1 aromatic heterocycles. The number of nitrogens with zero attached hydrogens (tertiary/aromatic N) is 1. The Bertz CT molecular complexity index is 854. The summed E-state index contributed by atoms with van der Waals surface area (Å²) in [5, 5.41) is 14.5. The highest BCUT2D eigenvalue weighted by atomic mass is 35.5. The third-order valence-corrected chi connectivity index (χ3v) is 5.94. The average molecular weight is 422 g/mol. The summed E-state index contributed by atoms with van der Waals surface area (Å²) in [6.45, 7) is 8.07. The third-order valence-electron chi connectivity index (χ3n) is 5.47. The largest absolute Gasteiger partial charge is 0.385 e. The molecule has 0 saturated heterocycles. The zero-order valence-corrected chi connectivity index (χ0v) is 18.4. The summed E-state index contributed by atoms with van der Waals surface area (Å²) >= 11 is 12.5. The van der Waals surface area contributed by atoms with Gasteiger partial charge >= 0.3 is 0 Å². The van der Waals surface area contributed by atoms with Crippen molar-refractivity contribution in [2.75, 3.05) is 19.6 Å². The van der Waals surface area contributed by atoms with E-state index in [0.717, 1.165) is 41.4 Å². The van der Waals surface area contributed by atoms with E-state index >= 15 is 0 Å². The van der Waals surface area contributed by atoms with Gasteiger partial charge in [-0.15, -0.1) is 0 Å². The van der Waals surface area contributed by atoms with E-state index in [1.165, 1.54) is 30.6 Å². The van der Waals surface area contributed by atoms with Gasteiger partial charge in [0.15, 0.2) is 0 Å². The number of aromatic nitrogens is 1. The second-order valence-electron chi connectivity index (χ2n) is 7.75. The number of benzene rings is 2. The summed E-state index contributed by atoms with van der Waals surface area (Å²) in [7, 11) is 0. The highest BCUT2D eigenvalue weighted by Gasteiger charge is 2.18. The molecule has 3 nitrogen and oxygen atoms in total. The molecule has 1 heterocycles. The molecule has 0 saturated carbocycles.